The number of benzene rings is 4. The lowest BCUT2D eigenvalue weighted by molar-refractivity contribution is -0.115. The second-order valence-electron chi connectivity index (χ2n) is 8.80. The number of carbonyl (C=O) groups is 2. The molecular weight excluding hydrogens is 510 g/mol. The van der Waals surface area contributed by atoms with Crippen molar-refractivity contribution in [1.29, 1.82) is 0 Å². The van der Waals surface area contributed by atoms with E-state index in [0.29, 0.717) is 33.1 Å². The van der Waals surface area contributed by atoms with E-state index in [-0.39, 0.29) is 11.5 Å². The summed E-state index contributed by atoms with van der Waals surface area (Å²) < 4.78 is 5.87. The van der Waals surface area contributed by atoms with Gasteiger partial charge in [0.1, 0.15) is 10.8 Å². The SMILES string of the molecule is O=C(O)c1cc(-c2ccc(NC(=O)C(Sc3nc4ccccc4o3)c3ccccc3)cc2)nc2ccccc12. The number of amides is 1. The maximum absolute atomic E-state index is 13.5. The molecule has 190 valence electrons. The zero-order valence-corrected chi connectivity index (χ0v) is 21.3. The Morgan fingerprint density at radius 2 is 1.49 bits per heavy atom. The Morgan fingerprint density at radius 1 is 0.795 bits per heavy atom. The van der Waals surface area contributed by atoms with Crippen LogP contribution >= 0.6 is 11.8 Å². The molecule has 4 aromatic carbocycles. The molecule has 39 heavy (non-hydrogen) atoms. The topological polar surface area (TPSA) is 105 Å². The van der Waals surface area contributed by atoms with Crippen molar-refractivity contribution >= 4 is 51.3 Å². The highest BCUT2D eigenvalue weighted by Crippen LogP contribution is 2.37. The van der Waals surface area contributed by atoms with Gasteiger partial charge in [0.2, 0.25) is 5.91 Å². The van der Waals surface area contributed by atoms with E-state index >= 15 is 0 Å². The zero-order chi connectivity index (χ0) is 26.8. The number of nitrogens with one attached hydrogen (secondary N) is 1. The summed E-state index contributed by atoms with van der Waals surface area (Å²) in [6, 6.07) is 32.8. The van der Waals surface area contributed by atoms with E-state index in [4.69, 9.17) is 4.42 Å². The lowest BCUT2D eigenvalue weighted by Gasteiger charge is -2.15. The van der Waals surface area contributed by atoms with Gasteiger partial charge in [-0.3, -0.25) is 4.79 Å². The minimum Gasteiger partial charge on any atom is -0.478 e. The second-order valence-corrected chi connectivity index (χ2v) is 9.86. The number of carboxylic acid groups (broad SMARTS) is 1. The Bertz CT molecular complexity index is 1780. The molecule has 6 rings (SSSR count). The first-order valence-electron chi connectivity index (χ1n) is 12.2. The monoisotopic (exact) mass is 531 g/mol. The summed E-state index contributed by atoms with van der Waals surface area (Å²) in [4.78, 5) is 34.5. The molecule has 0 saturated heterocycles. The molecule has 0 spiro atoms. The fraction of sp³-hybridized carbons (Fsp3) is 0.0323. The van der Waals surface area contributed by atoms with Crippen molar-refractivity contribution in [1.82, 2.24) is 9.97 Å². The maximum Gasteiger partial charge on any atom is 0.336 e. The first-order valence-corrected chi connectivity index (χ1v) is 13.0. The van der Waals surface area contributed by atoms with Crippen molar-refractivity contribution in [2.75, 3.05) is 5.32 Å². The lowest BCUT2D eigenvalue weighted by atomic mass is 10.0. The van der Waals surface area contributed by atoms with Gasteiger partial charge in [-0.05, 0) is 53.7 Å². The van der Waals surface area contributed by atoms with Gasteiger partial charge in [-0.25, -0.2) is 14.8 Å². The van der Waals surface area contributed by atoms with Crippen molar-refractivity contribution in [3.05, 3.63) is 120 Å². The summed E-state index contributed by atoms with van der Waals surface area (Å²) in [6.07, 6.45) is 0. The van der Waals surface area contributed by atoms with E-state index in [2.05, 4.69) is 15.3 Å². The van der Waals surface area contributed by atoms with E-state index in [1.54, 1.807) is 36.4 Å². The van der Waals surface area contributed by atoms with Gasteiger partial charge in [-0.15, -0.1) is 0 Å². The predicted molar refractivity (Wildman–Crippen MR) is 152 cm³/mol. The number of fused-ring (bicyclic) bond motifs is 2. The number of carboxylic acids is 1. The fourth-order valence-corrected chi connectivity index (χ4v) is 5.29. The van der Waals surface area contributed by atoms with Gasteiger partial charge in [0.15, 0.2) is 5.58 Å². The number of pyridine rings is 1. The maximum atomic E-state index is 13.5. The summed E-state index contributed by atoms with van der Waals surface area (Å²) in [6.45, 7) is 0. The van der Waals surface area contributed by atoms with Crippen LogP contribution < -0.4 is 5.32 Å². The minimum atomic E-state index is -1.01. The first kappa shape index (κ1) is 24.4. The van der Waals surface area contributed by atoms with Crippen LogP contribution in [0.1, 0.15) is 21.2 Å². The van der Waals surface area contributed by atoms with E-state index in [1.807, 2.05) is 72.8 Å². The quantitative estimate of drug-likeness (QED) is 0.210. The van der Waals surface area contributed by atoms with Gasteiger partial charge in [0.25, 0.3) is 5.22 Å². The molecule has 0 fully saturated rings. The van der Waals surface area contributed by atoms with Crippen LogP contribution in [0.25, 0.3) is 33.3 Å². The van der Waals surface area contributed by atoms with Crippen molar-refractivity contribution in [3.63, 3.8) is 0 Å². The van der Waals surface area contributed by atoms with Crippen LogP contribution in [0.5, 0.6) is 0 Å². The number of nitrogens with zero attached hydrogens (tertiary/aromatic N) is 2. The van der Waals surface area contributed by atoms with Crippen LogP contribution in [0.3, 0.4) is 0 Å². The summed E-state index contributed by atoms with van der Waals surface area (Å²) in [5.41, 5.74) is 4.89. The standard InChI is InChI=1S/C31H21N3O4S/c35-29(28(20-8-2-1-3-9-20)39-31-34-25-12-6-7-13-27(25)38-31)32-21-16-14-19(15-17-21)26-18-23(30(36)37)22-10-4-5-11-24(22)33-26/h1-18,28H,(H,32,35)(H,36,37). The van der Waals surface area contributed by atoms with Crippen molar-refractivity contribution in [3.8, 4) is 11.3 Å². The minimum absolute atomic E-state index is 0.190. The molecule has 0 aliphatic heterocycles. The number of carbonyl (C=O) groups excluding carboxylic acids is 1. The Hall–Kier alpha value is -4.95. The molecule has 1 unspecified atom stereocenters. The zero-order valence-electron chi connectivity index (χ0n) is 20.4. The Kier molecular flexibility index (Phi) is 6.52. The number of hydrogen-bond acceptors (Lipinski definition) is 6. The van der Waals surface area contributed by atoms with E-state index in [1.165, 1.54) is 11.8 Å². The van der Waals surface area contributed by atoms with Gasteiger partial charge < -0.3 is 14.8 Å². The number of oxazole rings is 1. The van der Waals surface area contributed by atoms with Gasteiger partial charge in [-0.1, -0.05) is 72.8 Å². The lowest BCUT2D eigenvalue weighted by Crippen LogP contribution is -2.19. The third-order valence-electron chi connectivity index (χ3n) is 6.23. The molecule has 6 aromatic rings. The molecule has 0 aliphatic rings. The molecule has 0 aliphatic carbocycles. The number of aromatic carboxylic acids is 1. The molecule has 0 bridgehead atoms. The van der Waals surface area contributed by atoms with Crippen LogP contribution in [0.15, 0.2) is 119 Å². The fourth-order valence-electron chi connectivity index (χ4n) is 4.34. The van der Waals surface area contributed by atoms with Crippen molar-refractivity contribution in [2.45, 2.75) is 10.5 Å². The molecule has 2 heterocycles. The van der Waals surface area contributed by atoms with Gasteiger partial charge in [0.05, 0.1) is 16.8 Å². The first-order chi connectivity index (χ1) is 19.0. The summed E-state index contributed by atoms with van der Waals surface area (Å²) in [7, 11) is 0. The van der Waals surface area contributed by atoms with E-state index in [9.17, 15) is 14.7 Å². The van der Waals surface area contributed by atoms with Crippen LogP contribution in [-0.4, -0.2) is 27.0 Å². The second kappa shape index (κ2) is 10.4. The van der Waals surface area contributed by atoms with Crippen LogP contribution in [0, 0.1) is 0 Å². The molecule has 0 saturated carbocycles. The highest BCUT2D eigenvalue weighted by Gasteiger charge is 2.25. The van der Waals surface area contributed by atoms with Gasteiger partial charge >= 0.3 is 5.97 Å². The Balaban J connectivity index is 1.26. The number of thioether (sulfide) groups is 1. The van der Waals surface area contributed by atoms with Crippen molar-refractivity contribution in [2.24, 2.45) is 0 Å². The molecule has 8 heteroatoms. The molecule has 7 nitrogen and oxygen atoms in total. The summed E-state index contributed by atoms with van der Waals surface area (Å²) >= 11 is 1.24. The van der Waals surface area contributed by atoms with Crippen LogP contribution in [-0.2, 0) is 4.79 Å². The normalized spacial score (nSPS) is 11.9. The number of rotatable bonds is 7. The third-order valence-corrected chi connectivity index (χ3v) is 7.33. The van der Waals surface area contributed by atoms with Crippen LogP contribution in [0.2, 0.25) is 0 Å². The molecular formula is C31H21N3O4S. The number of para-hydroxylation sites is 3. The Morgan fingerprint density at radius 3 is 2.23 bits per heavy atom. The van der Waals surface area contributed by atoms with Crippen LogP contribution in [0.4, 0.5) is 5.69 Å². The van der Waals surface area contributed by atoms with E-state index in [0.717, 1.165) is 16.6 Å². The predicted octanol–water partition coefficient (Wildman–Crippen LogP) is 7.21. The Labute approximate surface area is 227 Å². The molecule has 1 amide bonds. The highest BCUT2D eigenvalue weighted by molar-refractivity contribution is 8.00. The summed E-state index contributed by atoms with van der Waals surface area (Å²) in [5, 5.41) is 13.1. The number of hydrogen-bond donors (Lipinski definition) is 2. The number of aromatic nitrogens is 2. The largest absolute Gasteiger partial charge is 0.478 e. The average Bonchev–Trinajstić information content (AvgIpc) is 3.39. The average molecular weight is 532 g/mol. The third kappa shape index (κ3) is 5.10. The van der Waals surface area contributed by atoms with Gasteiger partial charge in [-0.2, -0.15) is 0 Å². The molecule has 2 N–H and O–H groups in total. The summed E-state index contributed by atoms with van der Waals surface area (Å²) in [5.74, 6) is -1.24. The van der Waals surface area contributed by atoms with E-state index < -0.39 is 11.2 Å². The molecule has 0 radical (unpaired) electrons. The molecule has 2 aromatic heterocycles. The van der Waals surface area contributed by atoms with Crippen molar-refractivity contribution < 1.29 is 19.1 Å². The van der Waals surface area contributed by atoms with Gasteiger partial charge in [0, 0.05) is 16.6 Å². The smallest absolute Gasteiger partial charge is 0.336 e. The number of anilines is 1. The molecule has 1 atom stereocenters. The highest BCUT2D eigenvalue weighted by atomic mass is 32.2.